The number of nitrogens with zero attached hydrogens (tertiary/aromatic N) is 2. The lowest BCUT2D eigenvalue weighted by Crippen LogP contribution is -2.35. The van der Waals surface area contributed by atoms with Crippen LogP contribution in [0, 0.1) is 6.92 Å². The first-order valence-electron chi connectivity index (χ1n) is 10.1. The number of carbonyl (C=O) groups is 1. The van der Waals surface area contributed by atoms with E-state index in [2.05, 4.69) is 4.57 Å². The Labute approximate surface area is 187 Å². The molecule has 0 unspecified atom stereocenters. The molecular formula is C24H24Cl2N2O2. The summed E-state index contributed by atoms with van der Waals surface area (Å²) in [6, 6.07) is 15.2. The molecule has 0 atom stereocenters. The van der Waals surface area contributed by atoms with E-state index in [1.165, 1.54) is 6.42 Å². The molecule has 0 spiro atoms. The number of piperidine rings is 1. The monoisotopic (exact) mass is 442 g/mol. The molecule has 0 bridgehead atoms. The lowest BCUT2D eigenvalue weighted by Gasteiger charge is -2.26. The minimum Gasteiger partial charge on any atom is -0.497 e. The van der Waals surface area contributed by atoms with Crippen LogP contribution in [-0.2, 0) is 0 Å². The summed E-state index contributed by atoms with van der Waals surface area (Å²) in [5.74, 6) is 0.852. The van der Waals surface area contributed by atoms with Gasteiger partial charge in [-0.25, -0.2) is 0 Å². The zero-order chi connectivity index (χ0) is 21.3. The molecule has 4 rings (SSSR count). The minimum atomic E-state index is 0.0748. The summed E-state index contributed by atoms with van der Waals surface area (Å²) in [6.45, 7) is 3.60. The van der Waals surface area contributed by atoms with Crippen molar-refractivity contribution in [1.29, 1.82) is 0 Å². The molecule has 0 saturated carbocycles. The fourth-order valence-corrected chi connectivity index (χ4v) is 4.56. The van der Waals surface area contributed by atoms with Crippen molar-refractivity contribution in [3.05, 3.63) is 69.8 Å². The molecule has 2 heterocycles. The first-order valence-corrected chi connectivity index (χ1v) is 10.9. The number of methoxy groups -OCH3 is 1. The molecule has 1 aliphatic rings. The Morgan fingerprint density at radius 2 is 1.67 bits per heavy atom. The quantitative estimate of drug-likeness (QED) is 0.468. The second-order valence-electron chi connectivity index (χ2n) is 7.54. The highest BCUT2D eigenvalue weighted by Gasteiger charge is 2.25. The maximum atomic E-state index is 13.3. The summed E-state index contributed by atoms with van der Waals surface area (Å²) in [7, 11) is 1.64. The molecule has 30 heavy (non-hydrogen) atoms. The Hall–Kier alpha value is -2.43. The van der Waals surface area contributed by atoms with Gasteiger partial charge in [0.1, 0.15) is 5.75 Å². The van der Waals surface area contributed by atoms with Gasteiger partial charge in [0.05, 0.1) is 23.4 Å². The number of hydrogen-bond donors (Lipinski definition) is 0. The Kier molecular flexibility index (Phi) is 6.07. The number of hydrogen-bond acceptors (Lipinski definition) is 2. The van der Waals surface area contributed by atoms with Crippen LogP contribution in [-0.4, -0.2) is 35.6 Å². The van der Waals surface area contributed by atoms with Gasteiger partial charge in [-0.05, 0) is 74.7 Å². The Bertz CT molecular complexity index is 1070. The molecule has 0 radical (unpaired) electrons. The van der Waals surface area contributed by atoms with Gasteiger partial charge in [0, 0.05) is 35.1 Å². The van der Waals surface area contributed by atoms with Crippen molar-refractivity contribution in [2.24, 2.45) is 0 Å². The Morgan fingerprint density at radius 3 is 2.30 bits per heavy atom. The van der Waals surface area contributed by atoms with Gasteiger partial charge >= 0.3 is 0 Å². The molecule has 0 aliphatic carbocycles. The maximum Gasteiger partial charge on any atom is 0.255 e. The summed E-state index contributed by atoms with van der Waals surface area (Å²) in [4.78, 5) is 15.3. The second kappa shape index (κ2) is 8.75. The normalized spacial score (nSPS) is 14.1. The third kappa shape index (κ3) is 3.94. The van der Waals surface area contributed by atoms with Crippen LogP contribution in [0.5, 0.6) is 5.75 Å². The van der Waals surface area contributed by atoms with E-state index in [-0.39, 0.29) is 5.91 Å². The average Bonchev–Trinajstić information content (AvgIpc) is 3.10. The standard InChI is InChI=1S/C24H24Cl2N2O2/c1-16-21(24(29)27-12-4-3-5-13-27)15-23(20-11-6-17(25)14-22(20)26)28(16)18-7-9-19(30-2)10-8-18/h6-11,14-15H,3-5,12-13H2,1-2H3. The summed E-state index contributed by atoms with van der Waals surface area (Å²) in [5.41, 5.74) is 4.22. The van der Waals surface area contributed by atoms with Crippen LogP contribution in [0.25, 0.3) is 16.9 Å². The van der Waals surface area contributed by atoms with Gasteiger partial charge in [-0.2, -0.15) is 0 Å². The summed E-state index contributed by atoms with van der Waals surface area (Å²) in [6.07, 6.45) is 3.29. The van der Waals surface area contributed by atoms with Gasteiger partial charge in [-0.1, -0.05) is 23.2 Å². The largest absolute Gasteiger partial charge is 0.497 e. The van der Waals surface area contributed by atoms with Crippen molar-refractivity contribution in [2.45, 2.75) is 26.2 Å². The van der Waals surface area contributed by atoms with E-state index in [0.717, 1.165) is 54.3 Å². The van der Waals surface area contributed by atoms with E-state index in [1.807, 2.05) is 54.3 Å². The van der Waals surface area contributed by atoms with Gasteiger partial charge < -0.3 is 14.2 Å². The summed E-state index contributed by atoms with van der Waals surface area (Å²) in [5, 5.41) is 1.12. The van der Waals surface area contributed by atoms with E-state index >= 15 is 0 Å². The fourth-order valence-electron chi connectivity index (χ4n) is 4.05. The fraction of sp³-hybridized carbons (Fsp3) is 0.292. The molecule has 1 amide bonds. The number of amides is 1. The van der Waals surface area contributed by atoms with Crippen LogP contribution in [0.4, 0.5) is 0 Å². The van der Waals surface area contributed by atoms with Gasteiger partial charge in [-0.15, -0.1) is 0 Å². The van der Waals surface area contributed by atoms with Crippen LogP contribution < -0.4 is 4.74 Å². The molecule has 1 aromatic heterocycles. The number of aromatic nitrogens is 1. The highest BCUT2D eigenvalue weighted by molar-refractivity contribution is 6.36. The van der Waals surface area contributed by atoms with Crippen LogP contribution in [0.2, 0.25) is 10.0 Å². The van der Waals surface area contributed by atoms with Crippen LogP contribution >= 0.6 is 23.2 Å². The number of likely N-dealkylation sites (tertiary alicyclic amines) is 1. The molecule has 0 N–H and O–H groups in total. The van der Waals surface area contributed by atoms with Crippen LogP contribution in [0.1, 0.15) is 35.3 Å². The molecule has 1 fully saturated rings. The number of benzene rings is 2. The lowest BCUT2D eigenvalue weighted by atomic mass is 10.1. The first kappa shape index (κ1) is 20.8. The third-order valence-electron chi connectivity index (χ3n) is 5.66. The van der Waals surface area contributed by atoms with E-state index < -0.39 is 0 Å². The topological polar surface area (TPSA) is 34.5 Å². The summed E-state index contributed by atoms with van der Waals surface area (Å²) < 4.78 is 7.37. The Balaban J connectivity index is 1.87. The number of halogens is 2. The first-order chi connectivity index (χ1) is 14.5. The van der Waals surface area contributed by atoms with Gasteiger partial charge in [0.15, 0.2) is 0 Å². The predicted molar refractivity (Wildman–Crippen MR) is 122 cm³/mol. The van der Waals surface area contributed by atoms with Crippen molar-refractivity contribution in [3.63, 3.8) is 0 Å². The Morgan fingerprint density at radius 1 is 0.967 bits per heavy atom. The maximum absolute atomic E-state index is 13.3. The van der Waals surface area contributed by atoms with Crippen molar-refractivity contribution < 1.29 is 9.53 Å². The van der Waals surface area contributed by atoms with Crippen molar-refractivity contribution in [3.8, 4) is 22.7 Å². The van der Waals surface area contributed by atoms with Crippen LogP contribution in [0.3, 0.4) is 0 Å². The van der Waals surface area contributed by atoms with Crippen molar-refractivity contribution in [2.75, 3.05) is 20.2 Å². The van der Waals surface area contributed by atoms with E-state index in [0.29, 0.717) is 15.6 Å². The van der Waals surface area contributed by atoms with Gasteiger partial charge in [0.2, 0.25) is 0 Å². The minimum absolute atomic E-state index is 0.0748. The van der Waals surface area contributed by atoms with E-state index in [9.17, 15) is 4.79 Å². The second-order valence-corrected chi connectivity index (χ2v) is 8.38. The number of ether oxygens (including phenoxy) is 1. The molecule has 6 heteroatoms. The lowest BCUT2D eigenvalue weighted by molar-refractivity contribution is 0.0723. The highest BCUT2D eigenvalue weighted by atomic mass is 35.5. The summed E-state index contributed by atoms with van der Waals surface area (Å²) >= 11 is 12.7. The van der Waals surface area contributed by atoms with E-state index in [1.54, 1.807) is 13.2 Å². The smallest absolute Gasteiger partial charge is 0.255 e. The van der Waals surface area contributed by atoms with Gasteiger partial charge in [-0.3, -0.25) is 4.79 Å². The number of carbonyl (C=O) groups excluding carboxylic acids is 1. The van der Waals surface area contributed by atoms with Crippen LogP contribution in [0.15, 0.2) is 48.5 Å². The van der Waals surface area contributed by atoms with Crippen molar-refractivity contribution in [1.82, 2.24) is 9.47 Å². The molecule has 4 nitrogen and oxygen atoms in total. The molecule has 3 aromatic rings. The van der Waals surface area contributed by atoms with Gasteiger partial charge in [0.25, 0.3) is 5.91 Å². The SMILES string of the molecule is COc1ccc(-n2c(-c3ccc(Cl)cc3Cl)cc(C(=O)N3CCCCC3)c2C)cc1. The van der Waals surface area contributed by atoms with E-state index in [4.69, 9.17) is 27.9 Å². The van der Waals surface area contributed by atoms with Crippen molar-refractivity contribution >= 4 is 29.1 Å². The molecule has 1 saturated heterocycles. The molecular weight excluding hydrogens is 419 g/mol. The zero-order valence-electron chi connectivity index (χ0n) is 17.1. The third-order valence-corrected chi connectivity index (χ3v) is 6.21. The highest BCUT2D eigenvalue weighted by Crippen LogP contribution is 2.36. The predicted octanol–water partition coefficient (Wildman–Crippen LogP) is 6.39. The molecule has 1 aliphatic heterocycles. The zero-order valence-corrected chi connectivity index (χ0v) is 18.6. The molecule has 156 valence electrons. The average molecular weight is 443 g/mol. The number of rotatable bonds is 4. The molecule has 2 aromatic carbocycles.